The standard InChI is InChI=1S/C9H13N3O4/c1-11(2)7(13)5-16-8-4-6(9(14)15)10-12(8)3/h4H,5H2,1-3H3,(H,14,15). The predicted octanol–water partition coefficient (Wildman–Crippen LogP) is -0.415. The molecule has 0 bridgehead atoms. The third kappa shape index (κ3) is 2.72. The van der Waals surface area contributed by atoms with Crippen LogP contribution in [0.3, 0.4) is 0 Å². The van der Waals surface area contributed by atoms with Crippen LogP contribution in [0, 0.1) is 0 Å². The van der Waals surface area contributed by atoms with Crippen molar-refractivity contribution in [2.75, 3.05) is 20.7 Å². The molecule has 0 saturated carbocycles. The minimum atomic E-state index is -1.13. The minimum Gasteiger partial charge on any atom is -0.476 e. The smallest absolute Gasteiger partial charge is 0.356 e. The summed E-state index contributed by atoms with van der Waals surface area (Å²) in [5, 5.41) is 12.4. The molecule has 7 heteroatoms. The number of rotatable bonds is 4. The number of nitrogens with zero attached hydrogens (tertiary/aromatic N) is 3. The molecule has 0 aliphatic carbocycles. The number of hydrogen-bond acceptors (Lipinski definition) is 4. The number of amides is 1. The molecular formula is C9H13N3O4. The van der Waals surface area contributed by atoms with Crippen LogP contribution in [0.2, 0.25) is 0 Å². The van der Waals surface area contributed by atoms with E-state index in [-0.39, 0.29) is 24.1 Å². The van der Waals surface area contributed by atoms with Gasteiger partial charge < -0.3 is 14.7 Å². The Kier molecular flexibility index (Phi) is 3.49. The Morgan fingerprint density at radius 1 is 1.56 bits per heavy atom. The van der Waals surface area contributed by atoms with Crippen molar-refractivity contribution in [3.8, 4) is 5.88 Å². The zero-order valence-corrected chi connectivity index (χ0v) is 9.30. The molecular weight excluding hydrogens is 214 g/mol. The lowest BCUT2D eigenvalue weighted by molar-refractivity contribution is -0.130. The second-order valence-electron chi connectivity index (χ2n) is 3.37. The van der Waals surface area contributed by atoms with E-state index in [4.69, 9.17) is 9.84 Å². The molecule has 1 N–H and O–H groups in total. The van der Waals surface area contributed by atoms with E-state index >= 15 is 0 Å². The SMILES string of the molecule is CN(C)C(=O)COc1cc(C(=O)O)nn1C. The van der Waals surface area contributed by atoms with Crippen LogP contribution in [-0.4, -0.2) is 52.4 Å². The zero-order valence-electron chi connectivity index (χ0n) is 9.30. The van der Waals surface area contributed by atoms with Crippen molar-refractivity contribution >= 4 is 11.9 Å². The van der Waals surface area contributed by atoms with Gasteiger partial charge in [0.1, 0.15) is 0 Å². The number of hydrogen-bond donors (Lipinski definition) is 1. The normalized spacial score (nSPS) is 9.94. The van der Waals surface area contributed by atoms with Crippen molar-refractivity contribution in [1.82, 2.24) is 14.7 Å². The van der Waals surface area contributed by atoms with Crippen molar-refractivity contribution in [2.24, 2.45) is 7.05 Å². The number of ether oxygens (including phenoxy) is 1. The third-order valence-electron chi connectivity index (χ3n) is 1.90. The summed E-state index contributed by atoms with van der Waals surface area (Å²) in [6.07, 6.45) is 0. The average Bonchev–Trinajstić information content (AvgIpc) is 2.56. The van der Waals surface area contributed by atoms with E-state index in [1.54, 1.807) is 21.1 Å². The summed E-state index contributed by atoms with van der Waals surface area (Å²) in [4.78, 5) is 23.2. The van der Waals surface area contributed by atoms with Gasteiger partial charge in [0, 0.05) is 27.2 Å². The summed E-state index contributed by atoms with van der Waals surface area (Å²) in [5.41, 5.74) is -0.116. The number of carboxylic acid groups (broad SMARTS) is 1. The largest absolute Gasteiger partial charge is 0.476 e. The highest BCUT2D eigenvalue weighted by Gasteiger charge is 2.13. The van der Waals surface area contributed by atoms with E-state index < -0.39 is 5.97 Å². The number of aryl methyl sites for hydroxylation is 1. The molecule has 7 nitrogen and oxygen atoms in total. The van der Waals surface area contributed by atoms with Crippen molar-refractivity contribution in [3.63, 3.8) is 0 Å². The monoisotopic (exact) mass is 227 g/mol. The van der Waals surface area contributed by atoms with E-state index in [0.29, 0.717) is 0 Å². The molecule has 1 aromatic rings. The van der Waals surface area contributed by atoms with E-state index in [0.717, 1.165) is 0 Å². The van der Waals surface area contributed by atoms with Crippen LogP contribution < -0.4 is 4.74 Å². The highest BCUT2D eigenvalue weighted by Crippen LogP contribution is 2.11. The van der Waals surface area contributed by atoms with Crippen LogP contribution in [0.5, 0.6) is 5.88 Å². The van der Waals surface area contributed by atoms with Crippen LogP contribution >= 0.6 is 0 Å². The summed E-state index contributed by atoms with van der Waals surface area (Å²) in [7, 11) is 4.76. The number of carbonyl (C=O) groups excluding carboxylic acids is 1. The maximum Gasteiger partial charge on any atom is 0.356 e. The highest BCUT2D eigenvalue weighted by atomic mass is 16.5. The number of likely N-dealkylation sites (N-methyl/N-ethyl adjacent to an activating group) is 1. The first-order valence-electron chi connectivity index (χ1n) is 4.52. The molecule has 1 aromatic heterocycles. The minimum absolute atomic E-state index is 0.116. The summed E-state index contributed by atoms with van der Waals surface area (Å²) in [5.74, 6) is -1.10. The quantitative estimate of drug-likeness (QED) is 0.755. The molecule has 16 heavy (non-hydrogen) atoms. The highest BCUT2D eigenvalue weighted by molar-refractivity contribution is 5.85. The van der Waals surface area contributed by atoms with Gasteiger partial charge in [-0.1, -0.05) is 0 Å². The van der Waals surface area contributed by atoms with Gasteiger partial charge in [-0.3, -0.25) is 4.79 Å². The Labute approximate surface area is 92.2 Å². The Morgan fingerprint density at radius 3 is 2.62 bits per heavy atom. The zero-order chi connectivity index (χ0) is 12.3. The number of aromatic nitrogens is 2. The molecule has 0 unspecified atom stereocenters. The molecule has 1 heterocycles. The van der Waals surface area contributed by atoms with Gasteiger partial charge in [0.2, 0.25) is 5.88 Å². The van der Waals surface area contributed by atoms with Gasteiger partial charge >= 0.3 is 5.97 Å². The summed E-state index contributed by atoms with van der Waals surface area (Å²) >= 11 is 0. The lowest BCUT2D eigenvalue weighted by Crippen LogP contribution is -2.27. The van der Waals surface area contributed by atoms with Crippen molar-refractivity contribution in [3.05, 3.63) is 11.8 Å². The van der Waals surface area contributed by atoms with Gasteiger partial charge in [0.15, 0.2) is 12.3 Å². The molecule has 0 aliphatic heterocycles. The molecule has 0 aromatic carbocycles. The summed E-state index contributed by atoms with van der Waals surface area (Å²) in [6.45, 7) is -0.147. The molecule has 0 aliphatic rings. The summed E-state index contributed by atoms with van der Waals surface area (Å²) in [6, 6.07) is 1.27. The fourth-order valence-corrected chi connectivity index (χ4v) is 0.954. The first kappa shape index (κ1) is 12.0. The van der Waals surface area contributed by atoms with Crippen molar-refractivity contribution < 1.29 is 19.4 Å². The molecule has 0 atom stereocenters. The van der Waals surface area contributed by atoms with Crippen molar-refractivity contribution in [1.29, 1.82) is 0 Å². The van der Waals surface area contributed by atoms with Gasteiger partial charge in [-0.25, -0.2) is 9.48 Å². The maximum absolute atomic E-state index is 11.2. The lowest BCUT2D eigenvalue weighted by Gasteiger charge is -2.10. The molecule has 0 spiro atoms. The Balaban J connectivity index is 2.67. The lowest BCUT2D eigenvalue weighted by atomic mass is 10.4. The maximum atomic E-state index is 11.2. The van der Waals surface area contributed by atoms with Gasteiger partial charge in [-0.2, -0.15) is 5.10 Å². The number of carbonyl (C=O) groups is 2. The topological polar surface area (TPSA) is 84.7 Å². The molecule has 0 radical (unpaired) electrons. The van der Waals surface area contributed by atoms with Crippen LogP contribution in [-0.2, 0) is 11.8 Å². The number of aromatic carboxylic acids is 1. The Hall–Kier alpha value is -2.05. The fourth-order valence-electron chi connectivity index (χ4n) is 0.954. The van der Waals surface area contributed by atoms with Crippen LogP contribution in [0.4, 0.5) is 0 Å². The van der Waals surface area contributed by atoms with Crippen LogP contribution in [0.15, 0.2) is 6.07 Å². The Morgan fingerprint density at radius 2 is 2.19 bits per heavy atom. The molecule has 0 saturated heterocycles. The van der Waals surface area contributed by atoms with Crippen molar-refractivity contribution in [2.45, 2.75) is 0 Å². The van der Waals surface area contributed by atoms with Crippen LogP contribution in [0.25, 0.3) is 0 Å². The van der Waals surface area contributed by atoms with Gasteiger partial charge in [0.05, 0.1) is 0 Å². The molecule has 0 fully saturated rings. The van der Waals surface area contributed by atoms with E-state index in [1.165, 1.54) is 15.6 Å². The molecule has 1 amide bonds. The van der Waals surface area contributed by atoms with Gasteiger partial charge in [-0.05, 0) is 0 Å². The average molecular weight is 227 g/mol. The molecule has 88 valence electrons. The van der Waals surface area contributed by atoms with Gasteiger partial charge in [-0.15, -0.1) is 0 Å². The first-order valence-corrected chi connectivity index (χ1v) is 4.52. The second kappa shape index (κ2) is 4.65. The first-order chi connectivity index (χ1) is 7.41. The fraction of sp³-hybridized carbons (Fsp3) is 0.444. The Bertz CT molecular complexity index is 411. The van der Waals surface area contributed by atoms with E-state index in [1.807, 2.05) is 0 Å². The van der Waals surface area contributed by atoms with E-state index in [2.05, 4.69) is 5.10 Å². The predicted molar refractivity (Wildman–Crippen MR) is 54.4 cm³/mol. The second-order valence-corrected chi connectivity index (χ2v) is 3.37. The summed E-state index contributed by atoms with van der Waals surface area (Å²) < 4.78 is 6.41. The number of carboxylic acids is 1. The van der Waals surface area contributed by atoms with E-state index in [9.17, 15) is 9.59 Å². The third-order valence-corrected chi connectivity index (χ3v) is 1.90. The molecule has 1 rings (SSSR count). The van der Waals surface area contributed by atoms with Gasteiger partial charge in [0.25, 0.3) is 5.91 Å². The van der Waals surface area contributed by atoms with Crippen LogP contribution in [0.1, 0.15) is 10.5 Å².